The second-order valence-electron chi connectivity index (χ2n) is 4.36. The topological polar surface area (TPSA) is 125 Å². The van der Waals surface area contributed by atoms with Gasteiger partial charge in [0.25, 0.3) is 5.95 Å². The summed E-state index contributed by atoms with van der Waals surface area (Å²) in [7, 11) is 1.88. The number of rotatable bonds is 5. The number of nitrogens with zero attached hydrogens (tertiary/aromatic N) is 8. The summed E-state index contributed by atoms with van der Waals surface area (Å²) in [5.74, 6) is 0.847. The molecule has 0 aliphatic carbocycles. The Hall–Kier alpha value is -3.04. The van der Waals surface area contributed by atoms with Crippen LogP contribution in [0.15, 0.2) is 25.0 Å². The molecule has 0 aliphatic rings. The lowest BCUT2D eigenvalue weighted by Gasteiger charge is -2.06. The van der Waals surface area contributed by atoms with Crippen LogP contribution >= 0.6 is 0 Å². The first-order chi connectivity index (χ1) is 10.2. The number of hydrogen-bond acceptors (Lipinski definition) is 8. The molecule has 0 fully saturated rings. The molecule has 3 rings (SSSR count). The van der Waals surface area contributed by atoms with Crippen molar-refractivity contribution in [2.24, 2.45) is 7.05 Å². The van der Waals surface area contributed by atoms with Crippen LogP contribution in [0, 0.1) is 0 Å². The van der Waals surface area contributed by atoms with E-state index in [0.29, 0.717) is 18.4 Å². The summed E-state index contributed by atoms with van der Waals surface area (Å²) in [5.41, 5.74) is 6.80. The Labute approximate surface area is 120 Å². The van der Waals surface area contributed by atoms with Crippen molar-refractivity contribution in [3.63, 3.8) is 0 Å². The monoisotopic (exact) mass is 286 g/mol. The Morgan fingerprint density at radius 2 is 2.14 bits per heavy atom. The van der Waals surface area contributed by atoms with Gasteiger partial charge in [-0.2, -0.15) is 29.8 Å². The second kappa shape index (κ2) is 5.53. The SMILES string of the molecule is Cn1cc(CCNc2nc(N)nc(-n3cncn3)n2)cn1. The maximum Gasteiger partial charge on any atom is 0.258 e. The van der Waals surface area contributed by atoms with Crippen LogP contribution in [0.25, 0.3) is 5.95 Å². The Kier molecular flexibility index (Phi) is 3.41. The van der Waals surface area contributed by atoms with Gasteiger partial charge in [-0.05, 0) is 12.0 Å². The fourth-order valence-electron chi connectivity index (χ4n) is 1.79. The van der Waals surface area contributed by atoms with Gasteiger partial charge in [0, 0.05) is 19.8 Å². The minimum absolute atomic E-state index is 0.124. The van der Waals surface area contributed by atoms with Crippen molar-refractivity contribution >= 4 is 11.9 Å². The molecule has 3 N–H and O–H groups in total. The first-order valence-electron chi connectivity index (χ1n) is 6.28. The smallest absolute Gasteiger partial charge is 0.258 e. The zero-order valence-electron chi connectivity index (χ0n) is 11.4. The molecule has 0 saturated heterocycles. The van der Waals surface area contributed by atoms with Crippen LogP contribution in [0.5, 0.6) is 0 Å². The van der Waals surface area contributed by atoms with E-state index in [-0.39, 0.29) is 5.95 Å². The number of nitrogen functional groups attached to an aromatic ring is 1. The highest BCUT2D eigenvalue weighted by molar-refractivity contribution is 5.34. The van der Waals surface area contributed by atoms with Crippen LogP contribution < -0.4 is 11.1 Å². The van der Waals surface area contributed by atoms with Gasteiger partial charge in [-0.15, -0.1) is 0 Å². The van der Waals surface area contributed by atoms with Gasteiger partial charge in [0.1, 0.15) is 12.7 Å². The highest BCUT2D eigenvalue weighted by Gasteiger charge is 2.06. The van der Waals surface area contributed by atoms with E-state index in [1.165, 1.54) is 17.3 Å². The molecule has 10 heteroatoms. The molecule has 3 heterocycles. The molecule has 0 amide bonds. The third-order valence-corrected chi connectivity index (χ3v) is 2.72. The van der Waals surface area contributed by atoms with Gasteiger partial charge in [0.05, 0.1) is 6.20 Å². The zero-order chi connectivity index (χ0) is 14.7. The molecule has 0 saturated carbocycles. The molecule has 108 valence electrons. The highest BCUT2D eigenvalue weighted by Crippen LogP contribution is 2.06. The molecule has 10 nitrogen and oxygen atoms in total. The average Bonchev–Trinajstić information content (AvgIpc) is 3.10. The molecule has 0 atom stereocenters. The van der Waals surface area contributed by atoms with Crippen molar-refractivity contribution in [3.8, 4) is 5.95 Å². The zero-order valence-corrected chi connectivity index (χ0v) is 11.4. The summed E-state index contributed by atoms with van der Waals surface area (Å²) in [4.78, 5) is 16.1. The third kappa shape index (κ3) is 3.11. The summed E-state index contributed by atoms with van der Waals surface area (Å²) in [6.45, 7) is 0.659. The van der Waals surface area contributed by atoms with Gasteiger partial charge in [-0.1, -0.05) is 0 Å². The van der Waals surface area contributed by atoms with E-state index in [1.807, 2.05) is 19.4 Å². The lowest BCUT2D eigenvalue weighted by Crippen LogP contribution is -2.13. The Morgan fingerprint density at radius 3 is 2.86 bits per heavy atom. The maximum atomic E-state index is 5.67. The van der Waals surface area contributed by atoms with Gasteiger partial charge < -0.3 is 11.1 Å². The standard InChI is InChI=1S/C11H14N10/c1-20-5-8(4-15-20)2-3-14-10-17-9(12)18-11(19-10)21-7-13-6-16-21/h4-7H,2-3H2,1H3,(H3,12,14,17,18,19). The summed E-state index contributed by atoms with van der Waals surface area (Å²) >= 11 is 0. The van der Waals surface area contributed by atoms with E-state index in [2.05, 4.69) is 35.5 Å². The maximum absolute atomic E-state index is 5.67. The third-order valence-electron chi connectivity index (χ3n) is 2.72. The van der Waals surface area contributed by atoms with E-state index in [9.17, 15) is 0 Å². The summed E-state index contributed by atoms with van der Waals surface area (Å²) in [6.07, 6.45) is 7.48. The van der Waals surface area contributed by atoms with Crippen molar-refractivity contribution in [3.05, 3.63) is 30.6 Å². The van der Waals surface area contributed by atoms with E-state index >= 15 is 0 Å². The summed E-state index contributed by atoms with van der Waals surface area (Å²) in [6, 6.07) is 0. The van der Waals surface area contributed by atoms with Crippen LogP contribution in [0.1, 0.15) is 5.56 Å². The fraction of sp³-hybridized carbons (Fsp3) is 0.273. The van der Waals surface area contributed by atoms with Crippen molar-refractivity contribution in [1.29, 1.82) is 0 Å². The van der Waals surface area contributed by atoms with Gasteiger partial charge in [0.15, 0.2) is 0 Å². The van der Waals surface area contributed by atoms with E-state index in [1.54, 1.807) is 4.68 Å². The number of aromatic nitrogens is 8. The van der Waals surface area contributed by atoms with Crippen LogP contribution in [-0.4, -0.2) is 46.0 Å². The second-order valence-corrected chi connectivity index (χ2v) is 4.36. The van der Waals surface area contributed by atoms with Gasteiger partial charge in [0.2, 0.25) is 11.9 Å². The van der Waals surface area contributed by atoms with Crippen LogP contribution in [0.3, 0.4) is 0 Å². The van der Waals surface area contributed by atoms with E-state index in [4.69, 9.17) is 5.73 Å². The predicted octanol–water partition coefficient (Wildman–Crippen LogP) is -0.577. The first-order valence-corrected chi connectivity index (χ1v) is 6.28. The first kappa shape index (κ1) is 13.0. The molecule has 21 heavy (non-hydrogen) atoms. The largest absolute Gasteiger partial charge is 0.368 e. The molecule has 0 bridgehead atoms. The molecule has 0 radical (unpaired) electrons. The number of nitrogens with one attached hydrogen (secondary N) is 1. The van der Waals surface area contributed by atoms with Crippen molar-refractivity contribution < 1.29 is 0 Å². The molecule has 3 aromatic rings. The molecule has 0 aromatic carbocycles. The minimum Gasteiger partial charge on any atom is -0.368 e. The van der Waals surface area contributed by atoms with E-state index < -0.39 is 0 Å². The molecular formula is C11H14N10. The number of hydrogen-bond donors (Lipinski definition) is 2. The lowest BCUT2D eigenvalue weighted by atomic mass is 10.2. The van der Waals surface area contributed by atoms with Crippen molar-refractivity contribution in [2.45, 2.75) is 6.42 Å². The summed E-state index contributed by atoms with van der Waals surface area (Å²) < 4.78 is 3.18. The Balaban J connectivity index is 1.68. The summed E-state index contributed by atoms with van der Waals surface area (Å²) in [5, 5.41) is 11.2. The van der Waals surface area contributed by atoms with Gasteiger partial charge in [-0.3, -0.25) is 4.68 Å². The number of aryl methyl sites for hydroxylation is 1. The molecule has 3 aromatic heterocycles. The van der Waals surface area contributed by atoms with Gasteiger partial charge in [-0.25, -0.2) is 4.98 Å². The molecule has 0 spiro atoms. The van der Waals surface area contributed by atoms with Crippen molar-refractivity contribution in [1.82, 2.24) is 39.5 Å². The van der Waals surface area contributed by atoms with Gasteiger partial charge >= 0.3 is 0 Å². The van der Waals surface area contributed by atoms with Crippen LogP contribution in [0.4, 0.5) is 11.9 Å². The van der Waals surface area contributed by atoms with E-state index in [0.717, 1.165) is 12.0 Å². The molecular weight excluding hydrogens is 272 g/mol. The highest BCUT2D eigenvalue weighted by atomic mass is 15.4. The Morgan fingerprint density at radius 1 is 1.24 bits per heavy atom. The predicted molar refractivity (Wildman–Crippen MR) is 74.6 cm³/mol. The average molecular weight is 286 g/mol. The van der Waals surface area contributed by atoms with Crippen LogP contribution in [0.2, 0.25) is 0 Å². The number of nitrogens with two attached hydrogens (primary N) is 1. The fourth-order valence-corrected chi connectivity index (χ4v) is 1.79. The van der Waals surface area contributed by atoms with Crippen LogP contribution in [-0.2, 0) is 13.5 Å². The normalized spacial score (nSPS) is 10.7. The minimum atomic E-state index is 0.124. The number of anilines is 2. The molecule has 0 unspecified atom stereocenters. The van der Waals surface area contributed by atoms with Crippen molar-refractivity contribution in [2.75, 3.05) is 17.6 Å². The lowest BCUT2D eigenvalue weighted by molar-refractivity contribution is 0.766. The molecule has 0 aliphatic heterocycles. The quantitative estimate of drug-likeness (QED) is 0.638. The Bertz CT molecular complexity index is 716.